The van der Waals surface area contributed by atoms with Crippen molar-refractivity contribution in [2.75, 3.05) is 0 Å². The molecule has 0 aliphatic rings. The Labute approximate surface area is 388 Å². The van der Waals surface area contributed by atoms with E-state index in [0.717, 1.165) is 0 Å². The van der Waals surface area contributed by atoms with Crippen molar-refractivity contribution < 1.29 is 68.1 Å². The van der Waals surface area contributed by atoms with Gasteiger partial charge in [-0.05, 0) is 157 Å². The number of rotatable bonds is 17. The predicted molar refractivity (Wildman–Crippen MR) is 245 cm³/mol. The fourth-order valence-corrected chi connectivity index (χ4v) is 5.09. The summed E-state index contributed by atoms with van der Waals surface area (Å²) >= 11 is 0. The summed E-state index contributed by atoms with van der Waals surface area (Å²) in [7, 11) is 0. The SMILES string of the molecule is CC(C)(C)OOC(C)(C)C#CC(C)(C)OOC(C)(C)C.CC(C)(CCC(C)(Cc1cccc(C(=O)OOC(=O)c2ccccc2)c1)OOC(=O)c1ccccc1)OOC(=O)c1ccccc1. The molecule has 0 saturated heterocycles. The number of carbonyl (C=O) groups excluding carboxylic acids is 4. The Morgan fingerprint density at radius 3 is 1.17 bits per heavy atom. The topological polar surface area (TPSA) is 161 Å². The molecule has 0 radical (unpaired) electrons. The molecule has 0 heterocycles. The van der Waals surface area contributed by atoms with Crippen molar-refractivity contribution in [1.29, 1.82) is 0 Å². The summed E-state index contributed by atoms with van der Waals surface area (Å²) in [6.45, 7) is 24.1. The monoisotopic (exact) mass is 912 g/mol. The highest BCUT2D eigenvalue weighted by atomic mass is 17.2. The lowest BCUT2D eigenvalue weighted by Crippen LogP contribution is -2.36. The lowest BCUT2D eigenvalue weighted by molar-refractivity contribution is -0.386. The van der Waals surface area contributed by atoms with Crippen LogP contribution in [-0.4, -0.2) is 57.5 Å². The van der Waals surface area contributed by atoms with Gasteiger partial charge in [-0.2, -0.15) is 9.78 Å². The van der Waals surface area contributed by atoms with Gasteiger partial charge in [0.2, 0.25) is 0 Å². The van der Waals surface area contributed by atoms with Crippen LogP contribution in [0.4, 0.5) is 0 Å². The smallest absolute Gasteiger partial charge is 0.292 e. The highest BCUT2D eigenvalue weighted by molar-refractivity contribution is 5.92. The third-order valence-corrected chi connectivity index (χ3v) is 8.54. The second-order valence-electron chi connectivity index (χ2n) is 19.2. The zero-order valence-corrected chi connectivity index (χ0v) is 40.3. The lowest BCUT2D eigenvalue weighted by atomic mass is 9.87. The quantitative estimate of drug-likeness (QED) is 0.0559. The van der Waals surface area contributed by atoms with Crippen LogP contribution >= 0.6 is 0 Å². The first-order valence-corrected chi connectivity index (χ1v) is 21.4. The summed E-state index contributed by atoms with van der Waals surface area (Å²) in [5, 5.41) is 0. The predicted octanol–water partition coefficient (Wildman–Crippen LogP) is 11.1. The maximum absolute atomic E-state index is 12.7. The van der Waals surface area contributed by atoms with Crippen molar-refractivity contribution in [1.82, 2.24) is 0 Å². The van der Waals surface area contributed by atoms with Gasteiger partial charge in [0.15, 0.2) is 11.2 Å². The minimum absolute atomic E-state index is 0.124. The van der Waals surface area contributed by atoms with E-state index in [1.165, 1.54) is 18.2 Å². The molecule has 1 atom stereocenters. The molecule has 0 aliphatic carbocycles. The minimum atomic E-state index is -1.13. The summed E-state index contributed by atoms with van der Waals surface area (Å²) in [4.78, 5) is 102. The van der Waals surface area contributed by atoms with Crippen molar-refractivity contribution in [3.8, 4) is 11.8 Å². The molecule has 0 fully saturated rings. The molecule has 0 saturated carbocycles. The van der Waals surface area contributed by atoms with Crippen LogP contribution in [0, 0.1) is 11.8 Å². The maximum atomic E-state index is 12.7. The van der Waals surface area contributed by atoms with Crippen molar-refractivity contribution in [2.45, 2.75) is 143 Å². The first kappa shape index (κ1) is 54.4. The zero-order valence-electron chi connectivity index (χ0n) is 40.3. The summed E-state index contributed by atoms with van der Waals surface area (Å²) < 4.78 is 0. The molecule has 0 amide bonds. The fourth-order valence-electron chi connectivity index (χ4n) is 5.09. The van der Waals surface area contributed by atoms with Gasteiger partial charge in [0, 0.05) is 6.42 Å². The molecule has 14 nitrogen and oxygen atoms in total. The van der Waals surface area contributed by atoms with Crippen LogP contribution in [0.1, 0.15) is 150 Å². The number of benzene rings is 4. The average Bonchev–Trinajstić information content (AvgIpc) is 3.27. The van der Waals surface area contributed by atoms with Crippen molar-refractivity contribution in [2.24, 2.45) is 0 Å². The van der Waals surface area contributed by atoms with Gasteiger partial charge in [-0.3, -0.25) is 9.78 Å². The van der Waals surface area contributed by atoms with Gasteiger partial charge in [0.25, 0.3) is 0 Å². The maximum Gasteiger partial charge on any atom is 0.386 e. The minimum Gasteiger partial charge on any atom is -0.292 e. The molecule has 0 bridgehead atoms. The van der Waals surface area contributed by atoms with E-state index in [0.29, 0.717) is 23.1 Å². The molecule has 356 valence electrons. The van der Waals surface area contributed by atoms with E-state index >= 15 is 0 Å². The molecule has 4 aromatic carbocycles. The molecule has 1 unspecified atom stereocenters. The Bertz CT molecular complexity index is 2190. The molecule has 4 rings (SSSR count). The standard InChI is InChI=1S/C36H34O10.C16H30O4/c1-35(2,45-43-32(38)28-17-9-5-10-18-28)22-23-36(3,46-44-33(39)29-19-11-6-12-20-29)25-26-14-13-21-30(24-26)34(40)42-41-31(37)27-15-7-4-8-16-27;1-13(2,3)17-19-15(7,8)11-12-16(9,10)20-18-14(4,5)6/h4-21,24H,22-23,25H2,1-3H3;1-10H3. The first-order chi connectivity index (χ1) is 30.7. The van der Waals surface area contributed by atoms with Crippen molar-refractivity contribution in [3.05, 3.63) is 143 Å². The van der Waals surface area contributed by atoms with Crippen LogP contribution in [0.5, 0.6) is 0 Å². The van der Waals surface area contributed by atoms with E-state index < -0.39 is 46.3 Å². The number of hydrogen-bond acceptors (Lipinski definition) is 14. The number of hydrogen-bond donors (Lipinski definition) is 0. The Morgan fingerprint density at radius 1 is 0.394 bits per heavy atom. The van der Waals surface area contributed by atoms with E-state index in [9.17, 15) is 19.2 Å². The van der Waals surface area contributed by atoms with Gasteiger partial charge in [0.1, 0.15) is 11.2 Å². The van der Waals surface area contributed by atoms with Gasteiger partial charge < -0.3 is 0 Å². The van der Waals surface area contributed by atoms with Crippen LogP contribution < -0.4 is 0 Å². The lowest BCUT2D eigenvalue weighted by Gasteiger charge is -2.31. The van der Waals surface area contributed by atoms with Crippen LogP contribution in [0.25, 0.3) is 0 Å². The second kappa shape index (κ2) is 24.0. The largest absolute Gasteiger partial charge is 0.386 e. The van der Waals surface area contributed by atoms with Crippen LogP contribution in [-0.2, 0) is 55.3 Å². The third-order valence-electron chi connectivity index (χ3n) is 8.54. The van der Waals surface area contributed by atoms with Gasteiger partial charge >= 0.3 is 23.9 Å². The number of carbonyl (C=O) groups is 4. The normalized spacial score (nSPS) is 12.8. The molecule has 66 heavy (non-hydrogen) atoms. The first-order valence-electron chi connectivity index (χ1n) is 21.4. The summed E-state index contributed by atoms with van der Waals surface area (Å²) in [6.07, 6.45) is 0.764. The zero-order chi connectivity index (χ0) is 49.2. The third kappa shape index (κ3) is 21.4. The van der Waals surface area contributed by atoms with Crippen LogP contribution in [0.3, 0.4) is 0 Å². The Hall–Kier alpha value is -5.92. The van der Waals surface area contributed by atoms with Gasteiger partial charge in [-0.25, -0.2) is 48.5 Å². The molecule has 0 aliphatic heterocycles. The van der Waals surface area contributed by atoms with Crippen LogP contribution in [0.2, 0.25) is 0 Å². The summed E-state index contributed by atoms with van der Waals surface area (Å²) in [5.74, 6) is 3.00. The summed E-state index contributed by atoms with van der Waals surface area (Å²) in [6, 6.07) is 31.4. The van der Waals surface area contributed by atoms with E-state index in [1.807, 2.05) is 69.2 Å². The molecule has 0 spiro atoms. The fraction of sp³-hybridized carbons (Fsp3) is 0.423. The van der Waals surface area contributed by atoms with E-state index in [1.54, 1.807) is 118 Å². The van der Waals surface area contributed by atoms with Crippen molar-refractivity contribution in [3.63, 3.8) is 0 Å². The van der Waals surface area contributed by atoms with E-state index in [4.69, 9.17) is 48.9 Å². The van der Waals surface area contributed by atoms with E-state index in [-0.39, 0.29) is 35.2 Å². The van der Waals surface area contributed by atoms with Gasteiger partial charge in [0.05, 0.1) is 33.5 Å². The second-order valence-corrected chi connectivity index (χ2v) is 19.2. The van der Waals surface area contributed by atoms with Crippen LogP contribution in [0.15, 0.2) is 115 Å². The molecule has 14 heteroatoms. The highest BCUT2D eigenvalue weighted by Crippen LogP contribution is 2.30. The highest BCUT2D eigenvalue weighted by Gasteiger charge is 2.34. The molecule has 0 aromatic heterocycles. The van der Waals surface area contributed by atoms with Crippen molar-refractivity contribution >= 4 is 23.9 Å². The van der Waals surface area contributed by atoms with E-state index in [2.05, 4.69) is 11.8 Å². The Kier molecular flexibility index (Phi) is 19.8. The Morgan fingerprint density at radius 2 is 0.758 bits per heavy atom. The Balaban J connectivity index is 0.000000487. The average molecular weight is 913 g/mol. The molecule has 4 aromatic rings. The summed E-state index contributed by atoms with van der Waals surface area (Å²) in [5.41, 5.74) is -2.66. The molecular weight excluding hydrogens is 849 g/mol. The van der Waals surface area contributed by atoms with Gasteiger partial charge in [-0.1, -0.05) is 78.6 Å². The molecular formula is C52H64O14. The molecule has 0 N–H and O–H groups in total. The van der Waals surface area contributed by atoms with Gasteiger partial charge in [-0.15, -0.1) is 0 Å².